The molecule has 1 nitrogen and oxygen atoms in total. The van der Waals surface area contributed by atoms with E-state index in [2.05, 4.69) is 17.4 Å². The third-order valence-corrected chi connectivity index (χ3v) is 3.82. The Balaban J connectivity index is 2.03. The molecule has 1 aliphatic carbocycles. The Morgan fingerprint density at radius 2 is 1.89 bits per heavy atom. The zero-order valence-electron chi connectivity index (χ0n) is 11.2. The molecule has 2 heteroatoms. The standard InChI is InChI=1S/C17H18FN/c1-19-11-12-5-8-17(18)16(9-12)15-7-6-13-3-2-4-14(13)10-15/h5-10,19H,2-4,11H2,1H3. The summed E-state index contributed by atoms with van der Waals surface area (Å²) >= 11 is 0. The molecule has 0 heterocycles. The van der Waals surface area contributed by atoms with Gasteiger partial charge in [0.15, 0.2) is 0 Å². The SMILES string of the molecule is CNCc1ccc(F)c(-c2ccc3c(c2)CCC3)c1. The Kier molecular flexibility index (Phi) is 3.34. The highest BCUT2D eigenvalue weighted by atomic mass is 19.1. The summed E-state index contributed by atoms with van der Waals surface area (Å²) in [5.41, 5.74) is 5.63. The maximum atomic E-state index is 14.0. The molecular formula is C17H18FN. The number of halogens is 1. The third-order valence-electron chi connectivity index (χ3n) is 3.82. The highest BCUT2D eigenvalue weighted by Crippen LogP contribution is 2.30. The van der Waals surface area contributed by atoms with Gasteiger partial charge in [0.2, 0.25) is 0 Å². The average molecular weight is 255 g/mol. The van der Waals surface area contributed by atoms with Crippen LogP contribution in [0.1, 0.15) is 23.1 Å². The first kappa shape index (κ1) is 12.4. The van der Waals surface area contributed by atoms with Gasteiger partial charge in [-0.3, -0.25) is 0 Å². The van der Waals surface area contributed by atoms with Gasteiger partial charge in [-0.25, -0.2) is 4.39 Å². The molecule has 0 fully saturated rings. The van der Waals surface area contributed by atoms with E-state index in [4.69, 9.17) is 0 Å². The topological polar surface area (TPSA) is 12.0 Å². The van der Waals surface area contributed by atoms with Gasteiger partial charge in [0.05, 0.1) is 0 Å². The maximum Gasteiger partial charge on any atom is 0.131 e. The van der Waals surface area contributed by atoms with E-state index in [-0.39, 0.29) is 5.82 Å². The van der Waals surface area contributed by atoms with Crippen LogP contribution in [0.5, 0.6) is 0 Å². The van der Waals surface area contributed by atoms with E-state index in [0.29, 0.717) is 5.56 Å². The van der Waals surface area contributed by atoms with Crippen LogP contribution in [-0.2, 0) is 19.4 Å². The minimum absolute atomic E-state index is 0.141. The van der Waals surface area contributed by atoms with Gasteiger partial charge in [-0.2, -0.15) is 0 Å². The van der Waals surface area contributed by atoms with E-state index < -0.39 is 0 Å². The smallest absolute Gasteiger partial charge is 0.131 e. The van der Waals surface area contributed by atoms with Crippen LogP contribution in [0.15, 0.2) is 36.4 Å². The summed E-state index contributed by atoms with van der Waals surface area (Å²) in [6.45, 7) is 0.762. The fraction of sp³-hybridized carbons (Fsp3) is 0.294. The molecule has 2 aromatic rings. The Hall–Kier alpha value is -1.67. The molecule has 1 N–H and O–H groups in total. The quantitative estimate of drug-likeness (QED) is 0.881. The Bertz CT molecular complexity index is 604. The highest BCUT2D eigenvalue weighted by molar-refractivity contribution is 5.66. The van der Waals surface area contributed by atoms with Crippen molar-refractivity contribution in [1.82, 2.24) is 5.32 Å². The largest absolute Gasteiger partial charge is 0.316 e. The van der Waals surface area contributed by atoms with Gasteiger partial charge in [0, 0.05) is 12.1 Å². The fourth-order valence-electron chi connectivity index (χ4n) is 2.85. The summed E-state index contributed by atoms with van der Waals surface area (Å²) in [5, 5.41) is 3.10. The fourth-order valence-corrected chi connectivity index (χ4v) is 2.85. The summed E-state index contributed by atoms with van der Waals surface area (Å²) in [4.78, 5) is 0. The molecule has 0 spiro atoms. The lowest BCUT2D eigenvalue weighted by molar-refractivity contribution is 0.630. The van der Waals surface area contributed by atoms with Crippen LogP contribution in [0.3, 0.4) is 0 Å². The van der Waals surface area contributed by atoms with Crippen LogP contribution in [0.25, 0.3) is 11.1 Å². The molecule has 0 amide bonds. The average Bonchev–Trinajstić information content (AvgIpc) is 2.88. The van der Waals surface area contributed by atoms with Gasteiger partial charge in [-0.05, 0) is 60.7 Å². The van der Waals surface area contributed by atoms with E-state index in [9.17, 15) is 4.39 Å². The van der Waals surface area contributed by atoms with Gasteiger partial charge in [-0.15, -0.1) is 0 Å². The lowest BCUT2D eigenvalue weighted by Crippen LogP contribution is -2.05. The highest BCUT2D eigenvalue weighted by Gasteiger charge is 2.13. The van der Waals surface area contributed by atoms with Crippen LogP contribution < -0.4 is 5.32 Å². The number of rotatable bonds is 3. The molecule has 98 valence electrons. The molecule has 0 saturated heterocycles. The van der Waals surface area contributed by atoms with Crippen molar-refractivity contribution < 1.29 is 4.39 Å². The Labute approximate surface area is 113 Å². The first-order valence-corrected chi connectivity index (χ1v) is 6.83. The number of hydrogen-bond donors (Lipinski definition) is 1. The van der Waals surface area contributed by atoms with Gasteiger partial charge in [-0.1, -0.05) is 24.3 Å². The van der Waals surface area contributed by atoms with Crippen LogP contribution in [-0.4, -0.2) is 7.05 Å². The second kappa shape index (κ2) is 5.14. The predicted molar refractivity (Wildman–Crippen MR) is 76.6 cm³/mol. The number of aryl methyl sites for hydroxylation is 2. The molecule has 0 bridgehead atoms. The summed E-state index contributed by atoms with van der Waals surface area (Å²) in [6.07, 6.45) is 3.51. The maximum absolute atomic E-state index is 14.0. The van der Waals surface area contributed by atoms with Gasteiger partial charge < -0.3 is 5.32 Å². The van der Waals surface area contributed by atoms with Crippen molar-refractivity contribution in [2.45, 2.75) is 25.8 Å². The molecule has 2 aromatic carbocycles. The van der Waals surface area contributed by atoms with Gasteiger partial charge in [0.25, 0.3) is 0 Å². The van der Waals surface area contributed by atoms with E-state index in [1.54, 1.807) is 6.07 Å². The van der Waals surface area contributed by atoms with Gasteiger partial charge >= 0.3 is 0 Å². The summed E-state index contributed by atoms with van der Waals surface area (Å²) in [5.74, 6) is -0.141. The lowest BCUT2D eigenvalue weighted by atomic mass is 9.98. The first-order chi connectivity index (χ1) is 9.28. The number of fused-ring (bicyclic) bond motifs is 1. The molecule has 0 unspecified atom stereocenters. The van der Waals surface area contributed by atoms with Crippen molar-refractivity contribution in [2.75, 3.05) is 7.05 Å². The van der Waals surface area contributed by atoms with Crippen LogP contribution >= 0.6 is 0 Å². The van der Waals surface area contributed by atoms with Crippen LogP contribution in [0.2, 0.25) is 0 Å². The van der Waals surface area contributed by atoms with Crippen molar-refractivity contribution in [3.63, 3.8) is 0 Å². The number of hydrogen-bond acceptors (Lipinski definition) is 1. The van der Waals surface area contributed by atoms with Crippen molar-refractivity contribution in [3.8, 4) is 11.1 Å². The molecule has 0 radical (unpaired) electrons. The van der Waals surface area contributed by atoms with Crippen molar-refractivity contribution in [3.05, 3.63) is 58.9 Å². The van der Waals surface area contributed by atoms with Gasteiger partial charge in [0.1, 0.15) is 5.82 Å². The number of benzene rings is 2. The van der Waals surface area contributed by atoms with Crippen LogP contribution in [0.4, 0.5) is 4.39 Å². The van der Waals surface area contributed by atoms with E-state index in [1.165, 1.54) is 17.5 Å². The summed E-state index contributed by atoms with van der Waals surface area (Å²) in [6, 6.07) is 11.7. The summed E-state index contributed by atoms with van der Waals surface area (Å²) < 4.78 is 14.0. The lowest BCUT2D eigenvalue weighted by Gasteiger charge is -2.09. The molecule has 0 atom stereocenters. The molecule has 3 rings (SSSR count). The van der Waals surface area contributed by atoms with E-state index in [1.807, 2.05) is 25.2 Å². The molecule has 0 aliphatic heterocycles. The molecule has 1 aliphatic rings. The second-order valence-corrected chi connectivity index (χ2v) is 5.18. The van der Waals surface area contributed by atoms with Crippen molar-refractivity contribution >= 4 is 0 Å². The monoisotopic (exact) mass is 255 g/mol. The first-order valence-electron chi connectivity index (χ1n) is 6.83. The normalized spacial score (nSPS) is 13.6. The third kappa shape index (κ3) is 2.41. The minimum atomic E-state index is -0.141. The molecular weight excluding hydrogens is 237 g/mol. The minimum Gasteiger partial charge on any atom is -0.316 e. The summed E-state index contributed by atoms with van der Waals surface area (Å²) in [7, 11) is 1.90. The van der Waals surface area contributed by atoms with Crippen molar-refractivity contribution in [1.29, 1.82) is 0 Å². The Morgan fingerprint density at radius 3 is 2.74 bits per heavy atom. The zero-order valence-corrected chi connectivity index (χ0v) is 11.2. The van der Waals surface area contributed by atoms with Crippen molar-refractivity contribution in [2.24, 2.45) is 0 Å². The van der Waals surface area contributed by atoms with Crippen LogP contribution in [0, 0.1) is 5.82 Å². The van der Waals surface area contributed by atoms with E-state index in [0.717, 1.165) is 30.5 Å². The molecule has 19 heavy (non-hydrogen) atoms. The predicted octanol–water partition coefficient (Wildman–Crippen LogP) is 3.70. The zero-order chi connectivity index (χ0) is 13.2. The second-order valence-electron chi connectivity index (χ2n) is 5.18. The number of nitrogens with one attached hydrogen (secondary N) is 1. The Morgan fingerprint density at radius 1 is 1.05 bits per heavy atom. The molecule has 0 saturated carbocycles. The van der Waals surface area contributed by atoms with E-state index >= 15 is 0 Å². The molecule has 0 aromatic heterocycles.